The van der Waals surface area contributed by atoms with Crippen LogP contribution in [0.5, 0.6) is 0 Å². The summed E-state index contributed by atoms with van der Waals surface area (Å²) in [5.41, 5.74) is 4.86. The Kier molecular flexibility index (Phi) is 8.34. The molecule has 2 saturated carbocycles. The van der Waals surface area contributed by atoms with Gasteiger partial charge >= 0.3 is 11.9 Å². The fourth-order valence-corrected chi connectivity index (χ4v) is 9.71. The molecule has 39 heavy (non-hydrogen) atoms. The predicted octanol–water partition coefficient (Wildman–Crippen LogP) is 7.77. The summed E-state index contributed by atoms with van der Waals surface area (Å²) in [5, 5.41) is 0. The number of hydrogen-bond donors (Lipinski definition) is 0. The van der Waals surface area contributed by atoms with E-state index in [1.54, 1.807) is 11.1 Å². The second kappa shape index (κ2) is 10.8. The number of carbonyl (C=O) groups is 3. The summed E-state index contributed by atoms with van der Waals surface area (Å²) in [6.07, 6.45) is 12.4. The molecule has 0 amide bonds. The molecule has 0 unspecified atom stereocenters. The van der Waals surface area contributed by atoms with E-state index in [1.807, 2.05) is 0 Å². The molecule has 5 heteroatoms. The first-order chi connectivity index (χ1) is 18.2. The molecule has 4 aliphatic rings. The third-order valence-electron chi connectivity index (χ3n) is 12.2. The van der Waals surface area contributed by atoms with E-state index in [4.69, 9.17) is 4.74 Å². The molecule has 2 fully saturated rings. The molecule has 0 saturated heterocycles. The van der Waals surface area contributed by atoms with Gasteiger partial charge in [0.05, 0.1) is 13.7 Å². The second-order valence-electron chi connectivity index (χ2n) is 14.6. The number of fused-ring (bicyclic) bond motifs is 4. The maximum absolute atomic E-state index is 12.9. The van der Waals surface area contributed by atoms with Crippen molar-refractivity contribution in [3.8, 4) is 0 Å². The zero-order valence-corrected chi connectivity index (χ0v) is 25.8. The Hall–Kier alpha value is -1.91. The van der Waals surface area contributed by atoms with Crippen LogP contribution in [0.15, 0.2) is 22.8 Å². The largest absolute Gasteiger partial charge is 0.469 e. The van der Waals surface area contributed by atoms with Crippen LogP contribution in [0.3, 0.4) is 0 Å². The normalized spacial score (nSPS) is 35.8. The number of methoxy groups -OCH3 is 1. The van der Waals surface area contributed by atoms with Crippen molar-refractivity contribution in [2.45, 2.75) is 119 Å². The lowest BCUT2D eigenvalue weighted by Crippen LogP contribution is -2.54. The Bertz CT molecular complexity index is 1060. The molecule has 0 radical (unpaired) electrons. The highest BCUT2D eigenvalue weighted by Crippen LogP contribution is 2.72. The molecule has 4 aliphatic carbocycles. The van der Waals surface area contributed by atoms with Crippen molar-refractivity contribution in [1.82, 2.24) is 0 Å². The number of ether oxygens (including phenoxy) is 2. The maximum atomic E-state index is 12.9. The van der Waals surface area contributed by atoms with Crippen molar-refractivity contribution in [2.24, 2.45) is 39.4 Å². The van der Waals surface area contributed by atoms with Crippen LogP contribution in [0.25, 0.3) is 0 Å². The van der Waals surface area contributed by atoms with E-state index in [0.717, 1.165) is 51.4 Å². The molecular weight excluding hydrogens is 488 g/mol. The third kappa shape index (κ3) is 5.05. The minimum Gasteiger partial charge on any atom is -0.469 e. The number of esters is 2. The van der Waals surface area contributed by atoms with Crippen molar-refractivity contribution < 1.29 is 23.9 Å². The van der Waals surface area contributed by atoms with Gasteiger partial charge in [0.15, 0.2) is 0 Å². The molecule has 4 rings (SSSR count). The predicted molar refractivity (Wildman–Crippen MR) is 154 cm³/mol. The Balaban J connectivity index is 1.62. The Morgan fingerprint density at radius 2 is 1.67 bits per heavy atom. The van der Waals surface area contributed by atoms with Crippen LogP contribution in [-0.4, -0.2) is 31.4 Å². The number of carbonyl (C=O) groups excluding carboxylic acids is 3. The van der Waals surface area contributed by atoms with Gasteiger partial charge in [-0.15, -0.1) is 0 Å². The summed E-state index contributed by atoms with van der Waals surface area (Å²) in [6, 6.07) is 0. The van der Waals surface area contributed by atoms with Crippen molar-refractivity contribution >= 4 is 17.7 Å². The van der Waals surface area contributed by atoms with Crippen LogP contribution in [0.4, 0.5) is 0 Å². The number of rotatable bonds is 8. The molecule has 5 nitrogen and oxygen atoms in total. The molecule has 0 aromatic heterocycles. The quantitative estimate of drug-likeness (QED) is 0.179. The maximum Gasteiger partial charge on any atom is 0.317 e. The van der Waals surface area contributed by atoms with Gasteiger partial charge in [-0.05, 0) is 106 Å². The third-order valence-corrected chi connectivity index (χ3v) is 12.2. The van der Waals surface area contributed by atoms with E-state index in [2.05, 4.69) is 59.3 Å². The van der Waals surface area contributed by atoms with Gasteiger partial charge in [-0.25, -0.2) is 0 Å². The first-order valence-corrected chi connectivity index (χ1v) is 15.3. The van der Waals surface area contributed by atoms with Crippen molar-refractivity contribution in [3.63, 3.8) is 0 Å². The first-order valence-electron chi connectivity index (χ1n) is 15.3. The monoisotopic (exact) mass is 540 g/mol. The summed E-state index contributed by atoms with van der Waals surface area (Å²) in [4.78, 5) is 36.9. The molecule has 0 aliphatic heterocycles. The summed E-state index contributed by atoms with van der Waals surface area (Å²) in [6.45, 7) is 16.5. The SMILES string of the molecule is COC(=O)CC(=O)OC[C@H](CCC=C(C)C)[C@H]1CC[C@@]2(C)C3=C(CC[C@]12C)[C@@]1(C)CCC(=O)C(C)(C)[C@@H]1CC3. The van der Waals surface area contributed by atoms with E-state index in [0.29, 0.717) is 30.6 Å². The lowest BCUT2D eigenvalue weighted by molar-refractivity contribution is -0.154. The van der Waals surface area contributed by atoms with Crippen LogP contribution in [0, 0.1) is 39.4 Å². The van der Waals surface area contributed by atoms with Crippen LogP contribution in [-0.2, 0) is 23.9 Å². The molecular formula is C34H52O5. The lowest BCUT2D eigenvalue weighted by Gasteiger charge is -2.61. The number of hydrogen-bond acceptors (Lipinski definition) is 5. The van der Waals surface area contributed by atoms with Crippen molar-refractivity contribution in [2.75, 3.05) is 13.7 Å². The van der Waals surface area contributed by atoms with E-state index in [9.17, 15) is 14.4 Å². The molecule has 0 N–H and O–H groups in total. The second-order valence-corrected chi connectivity index (χ2v) is 14.6. The Morgan fingerprint density at radius 3 is 2.33 bits per heavy atom. The van der Waals surface area contributed by atoms with Crippen molar-refractivity contribution in [3.05, 3.63) is 22.8 Å². The molecule has 0 aromatic carbocycles. The minimum absolute atomic E-state index is 0.125. The smallest absolute Gasteiger partial charge is 0.317 e. The Morgan fingerprint density at radius 1 is 0.949 bits per heavy atom. The van der Waals surface area contributed by atoms with Gasteiger partial charge < -0.3 is 9.47 Å². The highest BCUT2D eigenvalue weighted by atomic mass is 16.5. The fraction of sp³-hybridized carbons (Fsp3) is 0.794. The number of ketones is 1. The lowest BCUT2D eigenvalue weighted by atomic mass is 9.43. The Labute approximate surface area is 236 Å². The minimum atomic E-state index is -0.551. The van der Waals surface area contributed by atoms with Gasteiger partial charge in [0.1, 0.15) is 12.2 Å². The molecule has 0 aromatic rings. The first kappa shape index (κ1) is 30.1. The molecule has 0 spiro atoms. The van der Waals surface area contributed by atoms with Crippen LogP contribution >= 0.6 is 0 Å². The standard InChI is InChI=1S/C34H52O5/c1-22(2)10-9-11-23(21-39-30(37)20-29(36)38-8)24-14-18-34(7)26-12-13-27-31(3,4)28(35)16-17-32(27,5)25(26)15-19-33(24,34)6/h10,23-24,27H,9,11-21H2,1-8H3/t23-,24+,27-,32+,33+,34-/m0/s1. The molecule has 0 bridgehead atoms. The van der Waals surface area contributed by atoms with E-state index in [-0.39, 0.29) is 34.0 Å². The number of Topliss-reactive ketones (excluding diaryl/α,β-unsaturated/α-hetero) is 1. The van der Waals surface area contributed by atoms with Crippen LogP contribution in [0.1, 0.15) is 119 Å². The van der Waals surface area contributed by atoms with E-state index in [1.165, 1.54) is 19.1 Å². The zero-order valence-electron chi connectivity index (χ0n) is 25.8. The van der Waals surface area contributed by atoms with E-state index >= 15 is 0 Å². The van der Waals surface area contributed by atoms with E-state index < -0.39 is 11.9 Å². The van der Waals surface area contributed by atoms with Gasteiger partial charge in [0, 0.05) is 11.8 Å². The topological polar surface area (TPSA) is 69.7 Å². The van der Waals surface area contributed by atoms with Crippen LogP contribution < -0.4 is 0 Å². The molecule has 218 valence electrons. The molecule has 0 heterocycles. The summed E-state index contributed by atoms with van der Waals surface area (Å²) in [7, 11) is 1.30. The average Bonchev–Trinajstić information content (AvgIpc) is 3.15. The van der Waals surface area contributed by atoms with Crippen molar-refractivity contribution in [1.29, 1.82) is 0 Å². The summed E-state index contributed by atoms with van der Waals surface area (Å²) < 4.78 is 10.4. The van der Waals surface area contributed by atoms with Gasteiger partial charge in [-0.3, -0.25) is 14.4 Å². The molecule has 6 atom stereocenters. The van der Waals surface area contributed by atoms with Crippen LogP contribution in [0.2, 0.25) is 0 Å². The van der Waals surface area contributed by atoms with Gasteiger partial charge in [-0.2, -0.15) is 0 Å². The number of allylic oxidation sites excluding steroid dienone is 4. The fourth-order valence-electron chi connectivity index (χ4n) is 9.71. The van der Waals surface area contributed by atoms with Gasteiger partial charge in [0.2, 0.25) is 0 Å². The van der Waals surface area contributed by atoms with Gasteiger partial charge in [-0.1, -0.05) is 57.4 Å². The highest BCUT2D eigenvalue weighted by molar-refractivity contribution is 5.91. The highest BCUT2D eigenvalue weighted by Gasteiger charge is 2.63. The summed E-state index contributed by atoms with van der Waals surface area (Å²) in [5.74, 6) is 0.556. The average molecular weight is 541 g/mol. The zero-order chi connectivity index (χ0) is 28.8. The van der Waals surface area contributed by atoms with Gasteiger partial charge in [0.25, 0.3) is 0 Å². The summed E-state index contributed by atoms with van der Waals surface area (Å²) >= 11 is 0.